The monoisotopic (exact) mass is 471 g/mol. The summed E-state index contributed by atoms with van der Waals surface area (Å²) in [4.78, 5) is 8.86. The number of nitrogens with one attached hydrogen (secondary N) is 1. The molecule has 0 bridgehead atoms. The van der Waals surface area contributed by atoms with Gasteiger partial charge >= 0.3 is 0 Å². The van der Waals surface area contributed by atoms with Gasteiger partial charge in [0.1, 0.15) is 29.3 Å². The Kier molecular flexibility index (Phi) is 6.40. The summed E-state index contributed by atoms with van der Waals surface area (Å²) >= 11 is 0. The van der Waals surface area contributed by atoms with Crippen LogP contribution in [0.25, 0.3) is 22.3 Å². The minimum absolute atomic E-state index is 0.0510. The van der Waals surface area contributed by atoms with E-state index in [4.69, 9.17) is 15.6 Å². The molecule has 0 spiro atoms. The van der Waals surface area contributed by atoms with E-state index in [0.29, 0.717) is 5.82 Å². The Morgan fingerprint density at radius 2 is 1.80 bits per heavy atom. The van der Waals surface area contributed by atoms with Crippen molar-refractivity contribution in [3.63, 3.8) is 0 Å². The fourth-order valence-electron chi connectivity index (χ4n) is 4.52. The molecule has 0 radical (unpaired) electrons. The number of hydrogen-bond acceptors (Lipinski definition) is 7. The molecule has 35 heavy (non-hydrogen) atoms. The van der Waals surface area contributed by atoms with Gasteiger partial charge in [0.25, 0.3) is 0 Å². The van der Waals surface area contributed by atoms with E-state index in [0.717, 1.165) is 66.1 Å². The van der Waals surface area contributed by atoms with Gasteiger partial charge in [-0.15, -0.1) is 0 Å². The average molecular weight is 472 g/mol. The first-order valence-electron chi connectivity index (χ1n) is 12.3. The Morgan fingerprint density at radius 1 is 1.06 bits per heavy atom. The number of nitrogen functional groups attached to an aromatic ring is 1. The summed E-state index contributed by atoms with van der Waals surface area (Å²) in [7, 11) is 0. The van der Waals surface area contributed by atoms with Crippen molar-refractivity contribution in [1.29, 1.82) is 0 Å². The molecule has 3 N–H and O–H groups in total. The van der Waals surface area contributed by atoms with E-state index in [-0.39, 0.29) is 11.6 Å². The molecular formula is C27H33N7O. The van der Waals surface area contributed by atoms with E-state index in [1.165, 1.54) is 6.33 Å². The van der Waals surface area contributed by atoms with Crippen molar-refractivity contribution in [3.05, 3.63) is 60.9 Å². The van der Waals surface area contributed by atoms with Gasteiger partial charge in [0.2, 0.25) is 0 Å². The minimum atomic E-state index is 0.0510. The zero-order chi connectivity index (χ0) is 24.4. The van der Waals surface area contributed by atoms with Crippen molar-refractivity contribution in [1.82, 2.24) is 30.2 Å². The number of para-hydroxylation sites is 1. The molecule has 1 aliphatic rings. The maximum absolute atomic E-state index is 6.35. The zero-order valence-electron chi connectivity index (χ0n) is 20.6. The third-order valence-electron chi connectivity index (χ3n) is 6.71. The number of anilines is 1. The van der Waals surface area contributed by atoms with Crippen LogP contribution in [0, 0.1) is 0 Å². The van der Waals surface area contributed by atoms with Gasteiger partial charge in [0, 0.05) is 24.2 Å². The van der Waals surface area contributed by atoms with Crippen LogP contribution in [0.4, 0.5) is 5.82 Å². The van der Waals surface area contributed by atoms with Crippen LogP contribution in [0.5, 0.6) is 11.5 Å². The lowest BCUT2D eigenvalue weighted by Crippen LogP contribution is -2.54. The molecule has 0 saturated carbocycles. The lowest BCUT2D eigenvalue weighted by molar-refractivity contribution is 0.0676. The molecule has 2 aromatic heterocycles. The van der Waals surface area contributed by atoms with Gasteiger partial charge in [-0.05, 0) is 69.5 Å². The zero-order valence-corrected chi connectivity index (χ0v) is 20.6. The van der Waals surface area contributed by atoms with Gasteiger partial charge in [-0.3, -0.25) is 0 Å². The number of nitrogens with zero attached hydrogens (tertiary/aromatic N) is 5. The van der Waals surface area contributed by atoms with Crippen LogP contribution in [0.15, 0.2) is 60.9 Å². The van der Waals surface area contributed by atoms with Gasteiger partial charge in [-0.25, -0.2) is 25.1 Å². The van der Waals surface area contributed by atoms with Gasteiger partial charge in [0.05, 0.1) is 11.4 Å². The summed E-state index contributed by atoms with van der Waals surface area (Å²) < 4.78 is 8.00. The predicted molar refractivity (Wildman–Crippen MR) is 139 cm³/mol. The summed E-state index contributed by atoms with van der Waals surface area (Å²) in [6, 6.07) is 17.9. The van der Waals surface area contributed by atoms with E-state index < -0.39 is 0 Å². The smallest absolute Gasteiger partial charge is 0.164 e. The highest BCUT2D eigenvalue weighted by molar-refractivity contribution is 5.98. The molecule has 5 rings (SSSR count). The van der Waals surface area contributed by atoms with Crippen LogP contribution < -0.4 is 15.9 Å². The molecule has 1 aliphatic heterocycles. The van der Waals surface area contributed by atoms with Crippen LogP contribution in [0.3, 0.4) is 0 Å². The SMILES string of the molecule is CCC(C)(C)NN1CCCC(n2nc(-c3ccc(Oc4ccccc4)cc3)c3c(N)ncnc32)C1. The van der Waals surface area contributed by atoms with Crippen LogP contribution >= 0.6 is 0 Å². The molecule has 182 valence electrons. The summed E-state index contributed by atoms with van der Waals surface area (Å²) in [5.74, 6) is 2.01. The first-order chi connectivity index (χ1) is 16.9. The third-order valence-corrected chi connectivity index (χ3v) is 6.71. The highest BCUT2D eigenvalue weighted by Gasteiger charge is 2.29. The van der Waals surface area contributed by atoms with Crippen LogP contribution in [0.1, 0.15) is 46.1 Å². The largest absolute Gasteiger partial charge is 0.457 e. The Balaban J connectivity index is 1.45. The van der Waals surface area contributed by atoms with Gasteiger partial charge in [-0.1, -0.05) is 25.1 Å². The summed E-state index contributed by atoms with van der Waals surface area (Å²) in [6.45, 7) is 8.55. The van der Waals surface area contributed by atoms with E-state index in [2.05, 4.69) is 41.2 Å². The van der Waals surface area contributed by atoms with Crippen molar-refractivity contribution in [2.24, 2.45) is 0 Å². The van der Waals surface area contributed by atoms with E-state index >= 15 is 0 Å². The third kappa shape index (κ3) is 4.99. The van der Waals surface area contributed by atoms with Crippen molar-refractivity contribution in [2.75, 3.05) is 18.8 Å². The van der Waals surface area contributed by atoms with Gasteiger partial charge < -0.3 is 10.5 Å². The van der Waals surface area contributed by atoms with Crippen molar-refractivity contribution >= 4 is 16.9 Å². The van der Waals surface area contributed by atoms with Crippen LogP contribution in [-0.4, -0.2) is 43.4 Å². The Bertz CT molecular complexity index is 1280. The summed E-state index contributed by atoms with van der Waals surface area (Å²) in [6.07, 6.45) is 4.70. The first kappa shape index (κ1) is 23.3. The predicted octanol–water partition coefficient (Wildman–Crippen LogP) is 5.20. The van der Waals surface area contributed by atoms with E-state index in [1.54, 1.807) is 0 Å². The fourth-order valence-corrected chi connectivity index (χ4v) is 4.52. The van der Waals surface area contributed by atoms with E-state index in [1.807, 2.05) is 59.3 Å². The Morgan fingerprint density at radius 3 is 2.54 bits per heavy atom. The fraction of sp³-hybridized carbons (Fsp3) is 0.370. The number of hydrazine groups is 1. The molecule has 1 fully saturated rings. The number of rotatable bonds is 7. The second-order valence-corrected chi connectivity index (χ2v) is 9.78. The second-order valence-electron chi connectivity index (χ2n) is 9.78. The highest BCUT2D eigenvalue weighted by atomic mass is 16.5. The summed E-state index contributed by atoms with van der Waals surface area (Å²) in [5, 5.41) is 8.17. The maximum Gasteiger partial charge on any atom is 0.164 e. The molecule has 1 atom stereocenters. The molecule has 0 aliphatic carbocycles. The van der Waals surface area contributed by atoms with Crippen LogP contribution in [0.2, 0.25) is 0 Å². The Labute approximate surface area is 206 Å². The number of fused-ring (bicyclic) bond motifs is 1. The van der Waals surface area contributed by atoms with Crippen molar-refractivity contribution in [3.8, 4) is 22.8 Å². The second kappa shape index (κ2) is 9.64. The molecule has 8 heteroatoms. The first-order valence-corrected chi connectivity index (χ1v) is 12.3. The Hall–Kier alpha value is -3.49. The normalized spacial score (nSPS) is 17.1. The molecule has 3 heterocycles. The standard InChI is InChI=1S/C27H33N7O/c1-4-27(2,3)32-33-16-8-9-20(17-33)34-26-23(25(28)29-18-30-26)24(31-34)19-12-14-22(15-13-19)35-21-10-6-5-7-11-21/h5-7,10-15,18,20,32H,4,8-9,16-17H2,1-3H3,(H2,28,29,30). The quantitative estimate of drug-likeness (QED) is 0.383. The number of hydrogen-bond donors (Lipinski definition) is 2. The highest BCUT2D eigenvalue weighted by Crippen LogP contribution is 2.34. The summed E-state index contributed by atoms with van der Waals surface area (Å²) in [5.41, 5.74) is 12.6. The molecule has 2 aromatic carbocycles. The van der Waals surface area contributed by atoms with Gasteiger partial charge in [0.15, 0.2) is 5.65 Å². The van der Waals surface area contributed by atoms with Crippen molar-refractivity contribution < 1.29 is 4.74 Å². The topological polar surface area (TPSA) is 94.1 Å². The molecule has 4 aromatic rings. The molecule has 8 nitrogen and oxygen atoms in total. The number of benzene rings is 2. The molecule has 0 amide bonds. The lowest BCUT2D eigenvalue weighted by atomic mass is 10.0. The lowest BCUT2D eigenvalue weighted by Gasteiger charge is -2.38. The number of piperidine rings is 1. The number of nitrogens with two attached hydrogens (primary N) is 1. The van der Waals surface area contributed by atoms with E-state index in [9.17, 15) is 0 Å². The maximum atomic E-state index is 6.35. The molecule has 1 unspecified atom stereocenters. The number of aromatic nitrogens is 4. The van der Waals surface area contributed by atoms with Crippen LogP contribution in [-0.2, 0) is 0 Å². The van der Waals surface area contributed by atoms with Gasteiger partial charge in [-0.2, -0.15) is 5.10 Å². The van der Waals surface area contributed by atoms with Crippen molar-refractivity contribution in [2.45, 2.75) is 51.6 Å². The number of ether oxygens (including phenoxy) is 1. The average Bonchev–Trinajstić information content (AvgIpc) is 3.26. The minimum Gasteiger partial charge on any atom is -0.457 e. The molecule has 1 saturated heterocycles. The molecular weight excluding hydrogens is 438 g/mol.